The van der Waals surface area contributed by atoms with Crippen LogP contribution in [0.3, 0.4) is 0 Å². The molecular formula is C38H55F2N2O8P. The number of imide groups is 1. The molecule has 0 aromatic heterocycles. The fraction of sp³-hybridized carbons (Fsp3) is 0.605. The molecule has 0 N–H and O–H groups in total. The maximum atomic E-state index is 14.8. The molecule has 51 heavy (non-hydrogen) atoms. The Morgan fingerprint density at radius 1 is 0.843 bits per heavy atom. The molecule has 284 valence electrons. The van der Waals surface area contributed by atoms with Crippen LogP contribution in [0.2, 0.25) is 0 Å². The molecule has 0 bridgehead atoms. The standard InChI is InChI=1S/C38H55F2N2O8P/c1-11-47-51(46)22-21-41(25-28-17-18-30(40)24-31(28)27-15-14-16-29(39)23-27)26-38(51,32(43)48-35(2,3)4)19-12-13-20-42(33(44)49-36(5,6)7)34(45)50-37(8,9)10/h14-18,23-24H,11-13,19-22,25-26H2,1-10H3/t38-,51?/m0/s1. The maximum absolute atomic E-state index is 14.8. The Bertz CT molecular complexity index is 1570. The van der Waals surface area contributed by atoms with E-state index >= 15 is 0 Å². The van der Waals surface area contributed by atoms with Gasteiger partial charge in [-0.1, -0.05) is 18.2 Å². The lowest BCUT2D eigenvalue weighted by molar-refractivity contribution is -0.160. The predicted molar refractivity (Wildman–Crippen MR) is 193 cm³/mol. The van der Waals surface area contributed by atoms with E-state index < -0.39 is 59.1 Å². The number of esters is 1. The summed E-state index contributed by atoms with van der Waals surface area (Å²) in [6, 6.07) is 10.2. The minimum atomic E-state index is -3.70. The van der Waals surface area contributed by atoms with Gasteiger partial charge >= 0.3 is 18.2 Å². The van der Waals surface area contributed by atoms with E-state index in [1.807, 2.05) is 4.90 Å². The van der Waals surface area contributed by atoms with Crippen molar-refractivity contribution in [1.82, 2.24) is 9.80 Å². The fourth-order valence-corrected chi connectivity index (χ4v) is 8.94. The third-order valence-corrected chi connectivity index (χ3v) is 11.3. The fourth-order valence-electron chi connectivity index (χ4n) is 5.93. The summed E-state index contributed by atoms with van der Waals surface area (Å²) in [6.45, 7) is 17.6. The first-order chi connectivity index (χ1) is 23.5. The van der Waals surface area contributed by atoms with Gasteiger partial charge in [0.25, 0.3) is 0 Å². The number of ether oxygens (including phenoxy) is 3. The number of hydrogen-bond donors (Lipinski definition) is 0. The average Bonchev–Trinajstić information content (AvgIpc) is 2.97. The highest BCUT2D eigenvalue weighted by molar-refractivity contribution is 7.62. The van der Waals surface area contributed by atoms with E-state index in [2.05, 4.69) is 0 Å². The second-order valence-corrected chi connectivity index (χ2v) is 18.8. The van der Waals surface area contributed by atoms with E-state index in [0.717, 1.165) is 4.90 Å². The lowest BCUT2D eigenvalue weighted by atomic mass is 9.96. The summed E-state index contributed by atoms with van der Waals surface area (Å²) < 4.78 is 66.4. The number of amides is 2. The van der Waals surface area contributed by atoms with Crippen molar-refractivity contribution in [3.8, 4) is 11.1 Å². The smallest absolute Gasteiger partial charge is 0.419 e. The first-order valence-corrected chi connectivity index (χ1v) is 19.3. The average molecular weight is 737 g/mol. The van der Waals surface area contributed by atoms with E-state index in [1.165, 1.54) is 24.3 Å². The Morgan fingerprint density at radius 3 is 1.98 bits per heavy atom. The van der Waals surface area contributed by atoms with Gasteiger partial charge in [-0.25, -0.2) is 23.3 Å². The molecule has 13 heteroatoms. The van der Waals surface area contributed by atoms with Crippen LogP contribution in [0.25, 0.3) is 11.1 Å². The number of carbonyl (C=O) groups excluding carboxylic acids is 3. The quantitative estimate of drug-likeness (QED) is 0.0965. The van der Waals surface area contributed by atoms with Crippen LogP contribution < -0.4 is 0 Å². The third kappa shape index (κ3) is 11.8. The van der Waals surface area contributed by atoms with Crippen LogP contribution in [-0.2, 0) is 34.6 Å². The molecule has 1 unspecified atom stereocenters. The van der Waals surface area contributed by atoms with Gasteiger partial charge in [-0.2, -0.15) is 0 Å². The van der Waals surface area contributed by atoms with Crippen LogP contribution >= 0.6 is 7.37 Å². The summed E-state index contributed by atoms with van der Waals surface area (Å²) in [7, 11) is -3.70. The van der Waals surface area contributed by atoms with E-state index in [0.29, 0.717) is 23.2 Å². The van der Waals surface area contributed by atoms with Crippen molar-refractivity contribution in [2.75, 3.05) is 32.4 Å². The molecule has 1 saturated heterocycles. The van der Waals surface area contributed by atoms with Crippen molar-refractivity contribution >= 4 is 25.5 Å². The zero-order valence-corrected chi connectivity index (χ0v) is 32.7. The topological polar surface area (TPSA) is 112 Å². The highest BCUT2D eigenvalue weighted by Gasteiger charge is 2.59. The summed E-state index contributed by atoms with van der Waals surface area (Å²) >= 11 is 0. The molecule has 2 atom stereocenters. The molecular weight excluding hydrogens is 681 g/mol. The van der Waals surface area contributed by atoms with Gasteiger partial charge in [0, 0.05) is 32.3 Å². The molecule has 0 radical (unpaired) electrons. The highest BCUT2D eigenvalue weighted by Crippen LogP contribution is 2.64. The van der Waals surface area contributed by atoms with Crippen LogP contribution in [-0.4, -0.2) is 82.3 Å². The zero-order chi connectivity index (χ0) is 38.4. The lowest BCUT2D eigenvalue weighted by Gasteiger charge is -2.46. The van der Waals surface area contributed by atoms with Crippen LogP contribution in [0.1, 0.15) is 94.1 Å². The monoisotopic (exact) mass is 736 g/mol. The van der Waals surface area contributed by atoms with Gasteiger partial charge in [-0.15, -0.1) is 0 Å². The number of benzene rings is 2. The molecule has 1 heterocycles. The van der Waals surface area contributed by atoms with Gasteiger partial charge in [0.2, 0.25) is 7.37 Å². The van der Waals surface area contributed by atoms with Crippen molar-refractivity contribution in [1.29, 1.82) is 0 Å². The van der Waals surface area contributed by atoms with Gasteiger partial charge in [-0.3, -0.25) is 14.3 Å². The number of halogens is 2. The summed E-state index contributed by atoms with van der Waals surface area (Å²) in [4.78, 5) is 43.4. The van der Waals surface area contributed by atoms with Gasteiger partial charge in [0.1, 0.15) is 28.4 Å². The largest absolute Gasteiger partial charge is 0.459 e. The minimum Gasteiger partial charge on any atom is -0.459 e. The van der Waals surface area contributed by atoms with E-state index in [9.17, 15) is 27.7 Å². The van der Waals surface area contributed by atoms with Gasteiger partial charge in [0.15, 0.2) is 5.16 Å². The molecule has 3 rings (SSSR count). The van der Waals surface area contributed by atoms with Gasteiger partial charge in [-0.05, 0) is 129 Å². The molecule has 2 aromatic carbocycles. The minimum absolute atomic E-state index is 0.000996. The van der Waals surface area contributed by atoms with Crippen molar-refractivity contribution in [3.63, 3.8) is 0 Å². The van der Waals surface area contributed by atoms with Crippen molar-refractivity contribution in [2.24, 2.45) is 0 Å². The molecule has 10 nitrogen and oxygen atoms in total. The van der Waals surface area contributed by atoms with Crippen LogP contribution in [0.15, 0.2) is 42.5 Å². The van der Waals surface area contributed by atoms with Crippen molar-refractivity contribution in [3.05, 3.63) is 59.7 Å². The molecule has 2 amide bonds. The molecule has 2 aromatic rings. The van der Waals surface area contributed by atoms with Crippen molar-refractivity contribution < 1.29 is 46.5 Å². The molecule has 1 aliphatic heterocycles. The van der Waals surface area contributed by atoms with E-state index in [-0.39, 0.29) is 51.7 Å². The Kier molecular flexibility index (Phi) is 13.7. The van der Waals surface area contributed by atoms with Crippen molar-refractivity contribution in [2.45, 2.75) is 117 Å². The number of nitrogens with zero attached hydrogens (tertiary/aromatic N) is 2. The summed E-state index contributed by atoms with van der Waals surface area (Å²) in [5, 5.41) is -1.60. The highest BCUT2D eigenvalue weighted by atomic mass is 31.2. The summed E-state index contributed by atoms with van der Waals surface area (Å²) in [5.41, 5.74) is -0.951. The Hall–Kier alpha value is -3.34. The lowest BCUT2D eigenvalue weighted by Crippen LogP contribution is -2.56. The Labute approximate surface area is 301 Å². The number of carbonyl (C=O) groups is 3. The van der Waals surface area contributed by atoms with E-state index in [1.54, 1.807) is 87.4 Å². The van der Waals surface area contributed by atoms with Crippen LogP contribution in [0.5, 0.6) is 0 Å². The SMILES string of the molecule is CCOP1(=O)CCN(Cc2ccc(F)cc2-c2cccc(F)c2)C[C@@]1(CCCCN(C(=O)OC(C)(C)C)C(=O)OC(C)(C)C)C(=O)OC(C)(C)C. The van der Waals surface area contributed by atoms with Crippen LogP contribution in [0, 0.1) is 11.6 Å². The third-order valence-electron chi connectivity index (χ3n) is 8.02. The zero-order valence-electron chi connectivity index (χ0n) is 31.8. The van der Waals surface area contributed by atoms with Gasteiger partial charge in [0.05, 0.1) is 6.61 Å². The summed E-state index contributed by atoms with van der Waals surface area (Å²) in [6.07, 6.45) is -1.12. The first-order valence-electron chi connectivity index (χ1n) is 17.4. The molecule has 0 spiro atoms. The molecule has 1 aliphatic rings. The van der Waals surface area contributed by atoms with Gasteiger partial charge < -0.3 is 18.7 Å². The maximum Gasteiger partial charge on any atom is 0.419 e. The molecule has 0 aliphatic carbocycles. The van der Waals surface area contributed by atoms with E-state index in [4.69, 9.17) is 18.7 Å². The Morgan fingerprint density at radius 2 is 1.43 bits per heavy atom. The Balaban J connectivity index is 1.97. The second-order valence-electron chi connectivity index (χ2n) is 15.9. The normalized spacial score (nSPS) is 20.1. The number of rotatable bonds is 11. The van der Waals surface area contributed by atoms with Crippen LogP contribution in [0.4, 0.5) is 18.4 Å². The number of unbranched alkanes of at least 4 members (excludes halogenated alkanes) is 1. The second kappa shape index (κ2) is 16.6. The molecule has 0 saturated carbocycles. The first kappa shape index (κ1) is 42.1. The summed E-state index contributed by atoms with van der Waals surface area (Å²) in [5.74, 6) is -1.61. The predicted octanol–water partition coefficient (Wildman–Crippen LogP) is 9.19. The number of hydrogen-bond acceptors (Lipinski definition) is 9. The molecule has 1 fully saturated rings.